The first-order chi connectivity index (χ1) is 12.8. The zero-order valence-corrected chi connectivity index (χ0v) is 17.6. The van der Waals surface area contributed by atoms with Gasteiger partial charge in [-0.15, -0.1) is 0 Å². The topological polar surface area (TPSA) is 75.3 Å². The fourth-order valence-corrected chi connectivity index (χ4v) is 8.71. The van der Waals surface area contributed by atoms with Gasteiger partial charge in [-0.25, -0.2) is 13.1 Å². The van der Waals surface area contributed by atoms with Crippen molar-refractivity contribution in [1.82, 2.24) is 4.72 Å². The Kier molecular flexibility index (Phi) is 4.05. The summed E-state index contributed by atoms with van der Waals surface area (Å²) in [6.07, 6.45) is 8.22. The highest BCUT2D eigenvalue weighted by Gasteiger charge is 2.59. The number of alkyl halides is 1. The molecule has 2 unspecified atom stereocenters. The molecule has 1 amide bonds. The van der Waals surface area contributed by atoms with Crippen LogP contribution >= 0.6 is 15.9 Å². The van der Waals surface area contributed by atoms with Gasteiger partial charge in [-0.3, -0.25) is 4.79 Å². The van der Waals surface area contributed by atoms with Gasteiger partial charge in [0.1, 0.15) is 0 Å². The number of amides is 1. The predicted molar refractivity (Wildman–Crippen MR) is 107 cm³/mol. The van der Waals surface area contributed by atoms with Gasteiger partial charge in [0.25, 0.3) is 0 Å². The van der Waals surface area contributed by atoms with Crippen LogP contribution in [0.3, 0.4) is 0 Å². The van der Waals surface area contributed by atoms with E-state index in [1.54, 1.807) is 24.3 Å². The van der Waals surface area contributed by atoms with Crippen molar-refractivity contribution >= 4 is 37.5 Å². The zero-order valence-electron chi connectivity index (χ0n) is 15.2. The number of sulfonamides is 1. The predicted octanol–water partition coefficient (Wildman–Crippen LogP) is 3.80. The summed E-state index contributed by atoms with van der Waals surface area (Å²) in [5.41, 5.74) is 0.257. The lowest BCUT2D eigenvalue weighted by atomic mass is 9.49. The summed E-state index contributed by atoms with van der Waals surface area (Å²) >= 11 is 3.95. The lowest BCUT2D eigenvalue weighted by Gasteiger charge is -2.59. The van der Waals surface area contributed by atoms with E-state index >= 15 is 0 Å². The van der Waals surface area contributed by atoms with Crippen LogP contribution in [-0.2, 0) is 14.8 Å². The quantitative estimate of drug-likeness (QED) is 0.666. The van der Waals surface area contributed by atoms with Crippen LogP contribution in [0.1, 0.15) is 51.4 Å². The minimum absolute atomic E-state index is 0.0603. The number of rotatable bonds is 5. The molecule has 6 rings (SSSR count). The minimum atomic E-state index is -3.52. The van der Waals surface area contributed by atoms with Crippen LogP contribution < -0.4 is 10.0 Å². The van der Waals surface area contributed by atoms with Crippen molar-refractivity contribution in [2.75, 3.05) is 5.32 Å². The maximum atomic E-state index is 13.3. The number of anilines is 1. The summed E-state index contributed by atoms with van der Waals surface area (Å²) in [6, 6.07) is 6.70. The van der Waals surface area contributed by atoms with Crippen LogP contribution in [0.25, 0.3) is 0 Å². The third-order valence-electron chi connectivity index (χ3n) is 6.77. The second-order valence-electron chi connectivity index (χ2n) is 9.27. The SMILES string of the molecule is O=C(Nc1cccc(S(=O)(=O)NC2CC2)c1)C12CC3CC(CC(Br)(C3)C1)C2. The Balaban J connectivity index is 1.36. The van der Waals surface area contributed by atoms with E-state index in [4.69, 9.17) is 0 Å². The average Bonchev–Trinajstić information content (AvgIpc) is 3.36. The first-order valence-corrected chi connectivity index (χ1v) is 12.2. The van der Waals surface area contributed by atoms with Crippen molar-refractivity contribution < 1.29 is 13.2 Å². The lowest BCUT2D eigenvalue weighted by molar-refractivity contribution is -0.138. The van der Waals surface area contributed by atoms with Crippen molar-refractivity contribution in [1.29, 1.82) is 0 Å². The highest BCUT2D eigenvalue weighted by Crippen LogP contribution is 2.64. The molecule has 27 heavy (non-hydrogen) atoms. The molecule has 2 atom stereocenters. The molecular formula is C20H25BrN2O3S. The maximum Gasteiger partial charge on any atom is 0.240 e. The molecule has 0 aliphatic heterocycles. The molecule has 5 aliphatic carbocycles. The van der Waals surface area contributed by atoms with Gasteiger partial charge >= 0.3 is 0 Å². The molecule has 2 N–H and O–H groups in total. The Morgan fingerprint density at radius 1 is 1.11 bits per heavy atom. The molecule has 0 saturated heterocycles. The molecule has 5 nitrogen and oxygen atoms in total. The fraction of sp³-hybridized carbons (Fsp3) is 0.650. The summed E-state index contributed by atoms with van der Waals surface area (Å²) in [6.45, 7) is 0. The van der Waals surface area contributed by atoms with E-state index < -0.39 is 10.0 Å². The van der Waals surface area contributed by atoms with Crippen molar-refractivity contribution in [2.45, 2.75) is 66.6 Å². The van der Waals surface area contributed by atoms with Gasteiger partial charge in [0.05, 0.1) is 10.3 Å². The average molecular weight is 453 g/mol. The minimum Gasteiger partial charge on any atom is -0.326 e. The number of carbonyl (C=O) groups is 1. The van der Waals surface area contributed by atoms with Crippen LogP contribution in [-0.4, -0.2) is 24.7 Å². The van der Waals surface area contributed by atoms with Crippen LogP contribution in [0, 0.1) is 17.3 Å². The standard InChI is InChI=1S/C20H25BrN2O3S/c21-20-10-13-6-14(11-20)9-19(8-13,12-20)18(24)22-16-2-1-3-17(7-16)27(25,26)23-15-4-5-15/h1-3,7,13-15,23H,4-6,8-12H2,(H,22,24). The molecule has 0 spiro atoms. The van der Waals surface area contributed by atoms with Gasteiger partial charge in [-0.05, 0) is 81.4 Å². The molecule has 7 heteroatoms. The summed E-state index contributed by atoms with van der Waals surface area (Å²) in [5, 5.41) is 3.05. The van der Waals surface area contributed by atoms with E-state index in [0.717, 1.165) is 32.1 Å². The normalized spacial score (nSPS) is 37.4. The van der Waals surface area contributed by atoms with Crippen molar-refractivity contribution in [3.05, 3.63) is 24.3 Å². The Morgan fingerprint density at radius 2 is 1.81 bits per heavy atom. The number of nitrogens with one attached hydrogen (secondary N) is 2. The van der Waals surface area contributed by atoms with E-state index in [1.165, 1.54) is 19.3 Å². The van der Waals surface area contributed by atoms with Gasteiger partial charge in [0.15, 0.2) is 0 Å². The number of hydrogen-bond acceptors (Lipinski definition) is 3. The van der Waals surface area contributed by atoms with E-state index in [2.05, 4.69) is 26.0 Å². The first kappa shape index (κ1) is 18.1. The Hall–Kier alpha value is -0.920. The van der Waals surface area contributed by atoms with Gasteiger partial charge in [-0.2, -0.15) is 0 Å². The van der Waals surface area contributed by atoms with Crippen molar-refractivity contribution in [3.8, 4) is 0 Å². The second kappa shape index (κ2) is 6.04. The Morgan fingerprint density at radius 3 is 2.44 bits per heavy atom. The first-order valence-electron chi connectivity index (χ1n) is 9.88. The van der Waals surface area contributed by atoms with E-state index in [9.17, 15) is 13.2 Å². The molecule has 4 bridgehead atoms. The van der Waals surface area contributed by atoms with Gasteiger partial charge in [0, 0.05) is 16.1 Å². The molecule has 0 aromatic heterocycles. The van der Waals surface area contributed by atoms with Gasteiger partial charge in [0.2, 0.25) is 15.9 Å². The molecular weight excluding hydrogens is 428 g/mol. The number of halogens is 1. The fourth-order valence-electron chi connectivity index (χ4n) is 5.91. The van der Waals surface area contributed by atoms with E-state index in [1.807, 2.05) is 0 Å². The molecule has 0 heterocycles. The monoisotopic (exact) mass is 452 g/mol. The van der Waals surface area contributed by atoms with Crippen LogP contribution in [0.4, 0.5) is 5.69 Å². The smallest absolute Gasteiger partial charge is 0.240 e. The molecule has 1 aromatic carbocycles. The molecule has 5 saturated carbocycles. The zero-order chi connectivity index (χ0) is 18.9. The summed E-state index contributed by atoms with van der Waals surface area (Å²) in [7, 11) is -3.52. The van der Waals surface area contributed by atoms with E-state index in [-0.39, 0.29) is 26.6 Å². The Labute approximate surface area is 168 Å². The lowest BCUT2D eigenvalue weighted by Crippen LogP contribution is -2.57. The van der Waals surface area contributed by atoms with Crippen molar-refractivity contribution in [2.24, 2.45) is 17.3 Å². The maximum absolute atomic E-state index is 13.3. The molecule has 146 valence electrons. The summed E-state index contributed by atoms with van der Waals surface area (Å²) in [4.78, 5) is 13.5. The highest BCUT2D eigenvalue weighted by atomic mass is 79.9. The largest absolute Gasteiger partial charge is 0.326 e. The summed E-state index contributed by atoms with van der Waals surface area (Å²) < 4.78 is 27.7. The van der Waals surface area contributed by atoms with Gasteiger partial charge < -0.3 is 5.32 Å². The van der Waals surface area contributed by atoms with Crippen molar-refractivity contribution in [3.63, 3.8) is 0 Å². The Bertz CT molecular complexity index is 882. The third kappa shape index (κ3) is 3.36. The molecule has 5 fully saturated rings. The highest BCUT2D eigenvalue weighted by molar-refractivity contribution is 9.10. The number of benzene rings is 1. The molecule has 0 radical (unpaired) electrons. The number of hydrogen-bond donors (Lipinski definition) is 2. The van der Waals surface area contributed by atoms with Crippen LogP contribution in [0.5, 0.6) is 0 Å². The molecule has 5 aliphatic rings. The molecule has 1 aromatic rings. The third-order valence-corrected chi connectivity index (χ3v) is 9.22. The van der Waals surface area contributed by atoms with Crippen LogP contribution in [0.2, 0.25) is 0 Å². The second-order valence-corrected chi connectivity index (χ2v) is 12.7. The van der Waals surface area contributed by atoms with E-state index in [0.29, 0.717) is 17.5 Å². The van der Waals surface area contributed by atoms with Gasteiger partial charge in [-0.1, -0.05) is 22.0 Å². The number of carbonyl (C=O) groups excluding carboxylic acids is 1. The summed E-state index contributed by atoms with van der Waals surface area (Å²) in [5.74, 6) is 1.32. The van der Waals surface area contributed by atoms with Crippen LogP contribution in [0.15, 0.2) is 29.2 Å².